The van der Waals surface area contributed by atoms with E-state index in [1.807, 2.05) is 30.3 Å². The molecule has 162 valence electrons. The molecular formula is C17H17Cl3N4O6. The van der Waals surface area contributed by atoms with Crippen molar-refractivity contribution in [3.05, 3.63) is 46.3 Å². The number of nitrogens with zero attached hydrogens (tertiary/aromatic N) is 3. The lowest BCUT2D eigenvalue weighted by Gasteiger charge is -2.47. The van der Waals surface area contributed by atoms with E-state index < -0.39 is 52.6 Å². The molecule has 3 rings (SSSR count). The fourth-order valence-corrected chi connectivity index (χ4v) is 3.26. The zero-order valence-corrected chi connectivity index (χ0v) is 17.8. The molecule has 0 aromatic heterocycles. The van der Waals surface area contributed by atoms with E-state index in [1.54, 1.807) is 0 Å². The van der Waals surface area contributed by atoms with Gasteiger partial charge < -0.3 is 23.7 Å². The van der Waals surface area contributed by atoms with E-state index in [4.69, 9.17) is 69.4 Å². The van der Waals surface area contributed by atoms with Crippen LogP contribution in [0.2, 0.25) is 0 Å². The van der Waals surface area contributed by atoms with Crippen LogP contribution in [0.5, 0.6) is 0 Å². The van der Waals surface area contributed by atoms with Crippen molar-refractivity contribution in [2.45, 2.75) is 47.7 Å². The second-order valence-electron chi connectivity index (χ2n) is 6.43. The van der Waals surface area contributed by atoms with Gasteiger partial charge in [-0.2, -0.15) is 0 Å². The smallest absolute Gasteiger partial charge is 0.303 e. The van der Waals surface area contributed by atoms with Crippen LogP contribution >= 0.6 is 34.8 Å². The highest BCUT2D eigenvalue weighted by Gasteiger charge is 2.53. The van der Waals surface area contributed by atoms with E-state index >= 15 is 0 Å². The first-order valence-corrected chi connectivity index (χ1v) is 9.85. The fourth-order valence-electron chi connectivity index (χ4n) is 3.13. The third-order valence-corrected chi connectivity index (χ3v) is 4.87. The summed E-state index contributed by atoms with van der Waals surface area (Å²) in [7, 11) is 0. The van der Waals surface area contributed by atoms with Crippen LogP contribution in [0.4, 0.5) is 0 Å². The molecule has 0 bridgehead atoms. The molecule has 1 aromatic carbocycles. The number of benzene rings is 1. The maximum atomic E-state index is 11.7. The number of hydrogen-bond donors (Lipinski definition) is 1. The van der Waals surface area contributed by atoms with E-state index in [1.165, 1.54) is 6.92 Å². The molecule has 30 heavy (non-hydrogen) atoms. The van der Waals surface area contributed by atoms with E-state index in [2.05, 4.69) is 10.0 Å². The number of halogens is 3. The highest BCUT2D eigenvalue weighted by molar-refractivity contribution is 6.76. The number of hydrogen-bond acceptors (Lipinski definition) is 8. The Hall–Kier alpha value is -1.78. The summed E-state index contributed by atoms with van der Waals surface area (Å²) in [5.74, 6) is -1.39. The number of ether oxygens (including phenoxy) is 5. The van der Waals surface area contributed by atoms with Crippen molar-refractivity contribution in [2.75, 3.05) is 6.61 Å². The molecule has 1 aromatic rings. The first-order valence-electron chi connectivity index (χ1n) is 8.72. The number of azide groups is 1. The SMILES string of the molecule is CC(=O)O[C@@H]1[C@@H](N=[N+]=[N-])[C@@H](OC(=N)C(Cl)(Cl)Cl)O[C@@H]2CO[C@H](c3ccccc3)O[C@H]12. The van der Waals surface area contributed by atoms with Crippen LogP contribution in [0.15, 0.2) is 35.4 Å². The van der Waals surface area contributed by atoms with E-state index in [0.29, 0.717) is 0 Å². The van der Waals surface area contributed by atoms with Crippen LogP contribution in [0.3, 0.4) is 0 Å². The first-order chi connectivity index (χ1) is 14.2. The molecular weight excluding hydrogens is 463 g/mol. The Bertz CT molecular complexity index is 833. The lowest BCUT2D eigenvalue weighted by atomic mass is 9.96. The van der Waals surface area contributed by atoms with Crippen molar-refractivity contribution >= 4 is 46.7 Å². The van der Waals surface area contributed by atoms with Gasteiger partial charge in [-0.05, 0) is 5.53 Å². The highest BCUT2D eigenvalue weighted by Crippen LogP contribution is 2.38. The van der Waals surface area contributed by atoms with Crippen LogP contribution in [0.25, 0.3) is 10.4 Å². The van der Waals surface area contributed by atoms with Crippen LogP contribution in [-0.2, 0) is 28.5 Å². The molecule has 13 heteroatoms. The normalized spacial score (nSPS) is 31.1. The Balaban J connectivity index is 1.89. The Morgan fingerprint density at radius 1 is 1.27 bits per heavy atom. The van der Waals surface area contributed by atoms with Gasteiger partial charge in [0.25, 0.3) is 3.79 Å². The average Bonchev–Trinajstić information content (AvgIpc) is 2.69. The molecule has 0 amide bonds. The number of carbonyl (C=O) groups excluding carboxylic acids is 1. The topological polar surface area (TPSA) is 136 Å². The zero-order chi connectivity index (χ0) is 21.9. The average molecular weight is 480 g/mol. The second-order valence-corrected chi connectivity index (χ2v) is 8.72. The maximum Gasteiger partial charge on any atom is 0.303 e. The molecule has 2 aliphatic heterocycles. The van der Waals surface area contributed by atoms with Crippen molar-refractivity contribution in [1.82, 2.24) is 0 Å². The van der Waals surface area contributed by atoms with E-state index in [9.17, 15) is 4.79 Å². The van der Waals surface area contributed by atoms with Gasteiger partial charge in [0.05, 0.1) is 6.61 Å². The van der Waals surface area contributed by atoms with Gasteiger partial charge in [-0.3, -0.25) is 10.2 Å². The Kier molecular flexibility index (Phi) is 7.30. The molecule has 2 fully saturated rings. The zero-order valence-electron chi connectivity index (χ0n) is 15.5. The summed E-state index contributed by atoms with van der Waals surface area (Å²) >= 11 is 17.0. The molecule has 10 nitrogen and oxygen atoms in total. The molecule has 2 saturated heterocycles. The van der Waals surface area contributed by atoms with Crippen LogP contribution in [0.1, 0.15) is 18.8 Å². The van der Waals surface area contributed by atoms with Gasteiger partial charge in [-0.25, -0.2) is 0 Å². The first kappa shape index (κ1) is 22.9. The van der Waals surface area contributed by atoms with Crippen molar-refractivity contribution in [3.8, 4) is 0 Å². The van der Waals surface area contributed by atoms with E-state index in [-0.39, 0.29) is 6.61 Å². The number of esters is 1. The molecule has 0 unspecified atom stereocenters. The lowest BCUT2D eigenvalue weighted by molar-refractivity contribution is -0.334. The number of alkyl halides is 3. The summed E-state index contributed by atoms with van der Waals surface area (Å²) in [6, 6.07) is 7.90. The maximum absolute atomic E-state index is 11.7. The van der Waals surface area contributed by atoms with Gasteiger partial charge in [0.1, 0.15) is 24.4 Å². The lowest BCUT2D eigenvalue weighted by Crippen LogP contribution is -2.63. The van der Waals surface area contributed by atoms with Crippen LogP contribution < -0.4 is 0 Å². The standard InChI is InChI=1S/C17H17Cl3N4O6/c1-8(25)27-13-11(23-24-22)15(30-16(21)17(18,19)20)28-10-7-26-14(29-12(10)13)9-5-3-2-4-6-9/h2-6,10-15,21H,7H2,1H3/t10-,11-,12+,13-,14+,15-/m1/s1. The Morgan fingerprint density at radius 3 is 2.57 bits per heavy atom. The van der Waals surface area contributed by atoms with Crippen molar-refractivity contribution in [1.29, 1.82) is 5.41 Å². The molecule has 0 saturated carbocycles. The molecule has 6 atom stereocenters. The van der Waals surface area contributed by atoms with Gasteiger partial charge in [-0.1, -0.05) is 70.2 Å². The van der Waals surface area contributed by atoms with Gasteiger partial charge in [-0.15, -0.1) is 0 Å². The summed E-state index contributed by atoms with van der Waals surface area (Å²) in [6.07, 6.45) is -4.84. The van der Waals surface area contributed by atoms with Crippen molar-refractivity contribution in [3.63, 3.8) is 0 Å². The summed E-state index contributed by atoms with van der Waals surface area (Å²) in [4.78, 5) is 14.5. The predicted molar refractivity (Wildman–Crippen MR) is 106 cm³/mol. The number of fused-ring (bicyclic) bond motifs is 1. The summed E-state index contributed by atoms with van der Waals surface area (Å²) in [6.45, 7) is 1.25. The minimum atomic E-state index is -2.17. The largest absolute Gasteiger partial charge is 0.459 e. The Morgan fingerprint density at radius 2 is 1.97 bits per heavy atom. The van der Waals surface area contributed by atoms with Gasteiger partial charge in [0.15, 0.2) is 6.29 Å². The quantitative estimate of drug-likeness (QED) is 0.133. The molecule has 2 heterocycles. The van der Waals surface area contributed by atoms with E-state index in [0.717, 1.165) is 5.56 Å². The summed E-state index contributed by atoms with van der Waals surface area (Å²) < 4.78 is 26.0. The third-order valence-electron chi connectivity index (χ3n) is 4.36. The molecule has 0 aliphatic carbocycles. The summed E-state index contributed by atoms with van der Waals surface area (Å²) in [5.41, 5.74) is 9.76. The van der Waals surface area contributed by atoms with Gasteiger partial charge in [0, 0.05) is 17.4 Å². The van der Waals surface area contributed by atoms with Crippen molar-refractivity contribution in [2.24, 2.45) is 5.11 Å². The third kappa shape index (κ3) is 5.28. The minimum Gasteiger partial charge on any atom is -0.459 e. The highest BCUT2D eigenvalue weighted by atomic mass is 35.6. The summed E-state index contributed by atoms with van der Waals surface area (Å²) in [5, 5.41) is 11.4. The van der Waals surface area contributed by atoms with Crippen LogP contribution in [0, 0.1) is 5.41 Å². The van der Waals surface area contributed by atoms with Gasteiger partial charge >= 0.3 is 5.97 Å². The molecule has 0 radical (unpaired) electrons. The molecule has 0 spiro atoms. The molecule has 2 aliphatic rings. The van der Waals surface area contributed by atoms with Crippen molar-refractivity contribution < 1.29 is 28.5 Å². The predicted octanol–water partition coefficient (Wildman–Crippen LogP) is 3.80. The van der Waals surface area contributed by atoms with Crippen LogP contribution in [-0.4, -0.2) is 52.9 Å². The minimum absolute atomic E-state index is 0.0476. The monoisotopic (exact) mass is 478 g/mol. The number of rotatable bonds is 4. The number of nitrogens with one attached hydrogen (secondary N) is 1. The molecule has 1 N–H and O–H groups in total. The second kappa shape index (κ2) is 9.57. The Labute approximate surface area is 186 Å². The van der Waals surface area contributed by atoms with Gasteiger partial charge in [0.2, 0.25) is 12.2 Å². The fraction of sp³-hybridized carbons (Fsp3) is 0.529. The number of carbonyl (C=O) groups is 1.